The first-order valence-electron chi connectivity index (χ1n) is 6.15. The number of carbonyl (C=O) groups is 2. The Morgan fingerprint density at radius 1 is 1.35 bits per heavy atom. The van der Waals surface area contributed by atoms with Crippen molar-refractivity contribution in [1.29, 1.82) is 0 Å². The molecule has 0 fully saturated rings. The Hall–Kier alpha value is -2.63. The van der Waals surface area contributed by atoms with Crippen molar-refractivity contribution in [2.75, 3.05) is 0 Å². The zero-order chi connectivity index (χ0) is 14.5. The number of nitrogens with zero attached hydrogens (tertiary/aromatic N) is 2. The summed E-state index contributed by atoms with van der Waals surface area (Å²) >= 11 is 0. The van der Waals surface area contributed by atoms with E-state index < -0.39 is 12.0 Å². The summed E-state index contributed by atoms with van der Waals surface area (Å²) in [6.07, 6.45) is 3.11. The molecule has 1 aromatic heterocycles. The van der Waals surface area contributed by atoms with Crippen LogP contribution in [0.15, 0.2) is 42.7 Å². The lowest BCUT2D eigenvalue weighted by atomic mass is 10.1. The Bertz CT molecular complexity index is 591. The minimum absolute atomic E-state index is 0.180. The first-order valence-corrected chi connectivity index (χ1v) is 6.15. The van der Waals surface area contributed by atoms with Crippen molar-refractivity contribution in [2.24, 2.45) is 0 Å². The SMILES string of the molecule is CC(=O)N[C@H](CC(=O)O)c1cnn(-c2ccccc2)c1. The lowest BCUT2D eigenvalue weighted by Gasteiger charge is -2.13. The lowest BCUT2D eigenvalue weighted by molar-refractivity contribution is -0.137. The van der Waals surface area contributed by atoms with E-state index in [1.165, 1.54) is 6.92 Å². The maximum atomic E-state index is 11.2. The Labute approximate surface area is 116 Å². The standard InChI is InChI=1S/C14H15N3O3/c1-10(18)16-13(7-14(19)20)11-8-15-17(9-11)12-5-3-2-4-6-12/h2-6,8-9,13H,7H2,1H3,(H,16,18)(H,19,20)/t13-/m1/s1. The molecule has 6 nitrogen and oxygen atoms in total. The van der Waals surface area contributed by atoms with Gasteiger partial charge in [0.2, 0.25) is 5.91 Å². The summed E-state index contributed by atoms with van der Waals surface area (Å²) in [5.74, 6) is -1.25. The fraction of sp³-hybridized carbons (Fsp3) is 0.214. The number of hydrogen-bond donors (Lipinski definition) is 2. The molecule has 0 saturated heterocycles. The van der Waals surface area contributed by atoms with Crippen molar-refractivity contribution < 1.29 is 14.7 Å². The van der Waals surface area contributed by atoms with Gasteiger partial charge in [0, 0.05) is 18.7 Å². The minimum Gasteiger partial charge on any atom is -0.481 e. The number of benzene rings is 1. The quantitative estimate of drug-likeness (QED) is 0.865. The number of aliphatic carboxylic acids is 1. The molecule has 0 aliphatic carbocycles. The second kappa shape index (κ2) is 6.01. The van der Waals surface area contributed by atoms with Crippen molar-refractivity contribution in [3.8, 4) is 5.69 Å². The van der Waals surface area contributed by atoms with E-state index in [0.29, 0.717) is 5.56 Å². The Morgan fingerprint density at radius 2 is 2.05 bits per heavy atom. The number of nitrogens with one attached hydrogen (secondary N) is 1. The summed E-state index contributed by atoms with van der Waals surface area (Å²) in [5.41, 5.74) is 1.53. The van der Waals surface area contributed by atoms with Gasteiger partial charge in [-0.2, -0.15) is 5.10 Å². The lowest BCUT2D eigenvalue weighted by Crippen LogP contribution is -2.27. The Morgan fingerprint density at radius 3 is 2.65 bits per heavy atom. The molecule has 0 bridgehead atoms. The number of rotatable bonds is 5. The van der Waals surface area contributed by atoms with E-state index in [4.69, 9.17) is 5.11 Å². The van der Waals surface area contributed by atoms with E-state index in [1.807, 2.05) is 30.3 Å². The number of hydrogen-bond acceptors (Lipinski definition) is 3. The molecule has 2 N–H and O–H groups in total. The highest BCUT2D eigenvalue weighted by Crippen LogP contribution is 2.18. The van der Waals surface area contributed by atoms with Crippen LogP contribution >= 0.6 is 0 Å². The summed E-state index contributed by atoms with van der Waals surface area (Å²) < 4.78 is 1.64. The second-order valence-corrected chi connectivity index (χ2v) is 4.40. The number of carboxylic acid groups (broad SMARTS) is 1. The predicted molar refractivity (Wildman–Crippen MR) is 72.4 cm³/mol. The van der Waals surface area contributed by atoms with Crippen LogP contribution in [0.25, 0.3) is 5.69 Å². The number of amides is 1. The van der Waals surface area contributed by atoms with E-state index in [2.05, 4.69) is 10.4 Å². The van der Waals surface area contributed by atoms with Crippen molar-refractivity contribution in [2.45, 2.75) is 19.4 Å². The van der Waals surface area contributed by atoms with Crippen LogP contribution in [-0.4, -0.2) is 26.8 Å². The zero-order valence-corrected chi connectivity index (χ0v) is 11.0. The molecule has 1 atom stereocenters. The Kier molecular flexibility index (Phi) is 4.14. The number of carbonyl (C=O) groups excluding carboxylic acids is 1. The van der Waals surface area contributed by atoms with Crippen LogP contribution in [0.5, 0.6) is 0 Å². The molecule has 2 rings (SSSR count). The highest BCUT2D eigenvalue weighted by Gasteiger charge is 2.18. The van der Waals surface area contributed by atoms with Crippen LogP contribution in [0.3, 0.4) is 0 Å². The van der Waals surface area contributed by atoms with Gasteiger partial charge in [0.1, 0.15) is 0 Å². The fourth-order valence-electron chi connectivity index (χ4n) is 1.91. The van der Waals surface area contributed by atoms with Crippen LogP contribution in [0.4, 0.5) is 0 Å². The van der Waals surface area contributed by atoms with Crippen molar-refractivity contribution >= 4 is 11.9 Å². The number of carboxylic acids is 1. The van der Waals surface area contributed by atoms with Crippen molar-refractivity contribution in [3.63, 3.8) is 0 Å². The van der Waals surface area contributed by atoms with Gasteiger partial charge >= 0.3 is 5.97 Å². The highest BCUT2D eigenvalue weighted by atomic mass is 16.4. The molecule has 1 amide bonds. The third kappa shape index (κ3) is 3.44. The van der Waals surface area contributed by atoms with Gasteiger partial charge in [0.25, 0.3) is 0 Å². The maximum Gasteiger partial charge on any atom is 0.305 e. The number of para-hydroxylation sites is 1. The molecule has 0 radical (unpaired) electrons. The summed E-state index contributed by atoms with van der Waals surface area (Å²) in [5, 5.41) is 15.7. The van der Waals surface area contributed by atoms with Gasteiger partial charge in [-0.25, -0.2) is 4.68 Å². The molecule has 6 heteroatoms. The van der Waals surface area contributed by atoms with Crippen LogP contribution in [0.2, 0.25) is 0 Å². The van der Waals surface area contributed by atoms with Crippen LogP contribution in [0.1, 0.15) is 24.9 Å². The summed E-state index contributed by atoms with van der Waals surface area (Å²) in [4.78, 5) is 22.0. The largest absolute Gasteiger partial charge is 0.481 e. The van der Waals surface area contributed by atoms with Gasteiger partial charge in [-0.05, 0) is 12.1 Å². The van der Waals surface area contributed by atoms with Gasteiger partial charge in [-0.1, -0.05) is 18.2 Å². The van der Waals surface area contributed by atoms with Gasteiger partial charge in [-0.3, -0.25) is 9.59 Å². The summed E-state index contributed by atoms with van der Waals surface area (Å²) in [6.45, 7) is 1.36. The van der Waals surface area contributed by atoms with Crippen LogP contribution in [0, 0.1) is 0 Å². The smallest absolute Gasteiger partial charge is 0.305 e. The van der Waals surface area contributed by atoms with Crippen molar-refractivity contribution in [3.05, 3.63) is 48.3 Å². The summed E-state index contributed by atoms with van der Waals surface area (Å²) in [7, 11) is 0. The molecule has 1 aromatic carbocycles. The van der Waals surface area contributed by atoms with E-state index in [9.17, 15) is 9.59 Å². The minimum atomic E-state index is -0.976. The molecule has 104 valence electrons. The molecular weight excluding hydrogens is 258 g/mol. The third-order valence-corrected chi connectivity index (χ3v) is 2.78. The zero-order valence-electron chi connectivity index (χ0n) is 11.0. The van der Waals surface area contributed by atoms with Crippen LogP contribution in [-0.2, 0) is 9.59 Å². The Balaban J connectivity index is 2.24. The molecule has 0 unspecified atom stereocenters. The van der Waals surface area contributed by atoms with Gasteiger partial charge in [0.15, 0.2) is 0 Å². The second-order valence-electron chi connectivity index (χ2n) is 4.40. The highest BCUT2D eigenvalue weighted by molar-refractivity contribution is 5.75. The molecule has 2 aromatic rings. The fourth-order valence-corrected chi connectivity index (χ4v) is 1.91. The molecule has 1 heterocycles. The predicted octanol–water partition coefficient (Wildman–Crippen LogP) is 1.52. The first-order chi connectivity index (χ1) is 9.56. The maximum absolute atomic E-state index is 11.2. The average Bonchev–Trinajstić information content (AvgIpc) is 2.87. The first kappa shape index (κ1) is 13.8. The number of aromatic nitrogens is 2. The van der Waals surface area contributed by atoms with Gasteiger partial charge < -0.3 is 10.4 Å². The van der Waals surface area contributed by atoms with Gasteiger partial charge in [-0.15, -0.1) is 0 Å². The topological polar surface area (TPSA) is 84.2 Å². The van der Waals surface area contributed by atoms with Crippen LogP contribution < -0.4 is 5.32 Å². The molecule has 0 spiro atoms. The average molecular weight is 273 g/mol. The molecular formula is C14H15N3O3. The molecule has 0 aliphatic heterocycles. The molecule has 20 heavy (non-hydrogen) atoms. The van der Waals surface area contributed by atoms with Crippen molar-refractivity contribution in [1.82, 2.24) is 15.1 Å². The van der Waals surface area contributed by atoms with Gasteiger partial charge in [0.05, 0.1) is 24.3 Å². The molecule has 0 saturated carbocycles. The van der Waals surface area contributed by atoms with E-state index in [1.54, 1.807) is 17.1 Å². The molecule has 0 aliphatic rings. The third-order valence-electron chi connectivity index (χ3n) is 2.78. The van der Waals surface area contributed by atoms with E-state index >= 15 is 0 Å². The van der Waals surface area contributed by atoms with E-state index in [0.717, 1.165) is 5.69 Å². The summed E-state index contributed by atoms with van der Waals surface area (Å²) in [6, 6.07) is 8.88. The normalized spacial score (nSPS) is 11.8. The van der Waals surface area contributed by atoms with E-state index in [-0.39, 0.29) is 12.3 Å². The monoisotopic (exact) mass is 273 g/mol.